The fourth-order valence-electron chi connectivity index (χ4n) is 3.27. The summed E-state index contributed by atoms with van der Waals surface area (Å²) >= 11 is 0. The minimum atomic E-state index is -4.57. The van der Waals surface area contributed by atoms with E-state index in [9.17, 15) is 27.2 Å². The molecule has 1 aliphatic rings. The van der Waals surface area contributed by atoms with Gasteiger partial charge in [0.2, 0.25) is 5.91 Å². The van der Waals surface area contributed by atoms with Gasteiger partial charge in [-0.1, -0.05) is 24.3 Å². The van der Waals surface area contributed by atoms with Gasteiger partial charge in [0.25, 0.3) is 5.91 Å². The van der Waals surface area contributed by atoms with E-state index in [0.717, 1.165) is 18.1 Å². The van der Waals surface area contributed by atoms with Gasteiger partial charge in [-0.15, -0.1) is 0 Å². The Bertz CT molecular complexity index is 960. The van der Waals surface area contributed by atoms with E-state index < -0.39 is 24.4 Å². The summed E-state index contributed by atoms with van der Waals surface area (Å²) in [5.74, 6) is -2.00. The highest BCUT2D eigenvalue weighted by Gasteiger charge is 2.28. The SMILES string of the molecule is Cc1c(F)cc(C(=O)NCC(F)(F)F)cc1NCC(=O)N1CCc2ccccc2C1. The summed E-state index contributed by atoms with van der Waals surface area (Å²) in [5.41, 5.74) is 2.36. The fourth-order valence-corrected chi connectivity index (χ4v) is 3.27. The molecule has 1 heterocycles. The molecule has 0 radical (unpaired) electrons. The van der Waals surface area contributed by atoms with Gasteiger partial charge < -0.3 is 15.5 Å². The van der Waals surface area contributed by atoms with E-state index in [2.05, 4.69) is 5.32 Å². The number of hydrogen-bond donors (Lipinski definition) is 2. The molecule has 9 heteroatoms. The van der Waals surface area contributed by atoms with Crippen LogP contribution in [0.4, 0.5) is 23.2 Å². The number of nitrogens with one attached hydrogen (secondary N) is 2. The summed E-state index contributed by atoms with van der Waals surface area (Å²) in [4.78, 5) is 26.2. The van der Waals surface area contributed by atoms with Gasteiger partial charge in [-0.3, -0.25) is 9.59 Å². The number of carbonyl (C=O) groups excluding carboxylic acids is 2. The van der Waals surface area contributed by atoms with Crippen LogP contribution in [0.1, 0.15) is 27.0 Å². The van der Waals surface area contributed by atoms with Crippen molar-refractivity contribution >= 4 is 17.5 Å². The fraction of sp³-hybridized carbons (Fsp3) is 0.333. The van der Waals surface area contributed by atoms with Crippen LogP contribution in [0.5, 0.6) is 0 Å². The number of hydrogen-bond acceptors (Lipinski definition) is 3. The first kappa shape index (κ1) is 21.6. The molecule has 5 nitrogen and oxygen atoms in total. The highest BCUT2D eigenvalue weighted by atomic mass is 19.4. The van der Waals surface area contributed by atoms with Crippen molar-refractivity contribution in [2.45, 2.75) is 26.1 Å². The molecule has 2 aromatic carbocycles. The summed E-state index contributed by atoms with van der Waals surface area (Å²) in [5, 5.41) is 4.51. The highest BCUT2D eigenvalue weighted by molar-refractivity contribution is 5.95. The summed E-state index contributed by atoms with van der Waals surface area (Å²) in [6.45, 7) is 0.848. The van der Waals surface area contributed by atoms with Crippen molar-refractivity contribution in [1.82, 2.24) is 10.2 Å². The molecule has 3 rings (SSSR count). The normalized spacial score (nSPS) is 13.6. The molecule has 30 heavy (non-hydrogen) atoms. The molecular weight excluding hydrogens is 402 g/mol. The van der Waals surface area contributed by atoms with Gasteiger partial charge in [-0.25, -0.2) is 4.39 Å². The molecule has 0 unspecified atom stereocenters. The van der Waals surface area contributed by atoms with Crippen LogP contribution in [0.15, 0.2) is 36.4 Å². The first-order valence-electron chi connectivity index (χ1n) is 9.37. The Morgan fingerprint density at radius 1 is 1.13 bits per heavy atom. The summed E-state index contributed by atoms with van der Waals surface area (Å²) in [6.07, 6.45) is -3.83. The van der Waals surface area contributed by atoms with Gasteiger partial charge in [-0.05, 0) is 36.6 Å². The van der Waals surface area contributed by atoms with Crippen LogP contribution in [-0.4, -0.2) is 42.5 Å². The molecule has 0 aromatic heterocycles. The van der Waals surface area contributed by atoms with Crippen LogP contribution in [-0.2, 0) is 17.8 Å². The summed E-state index contributed by atoms with van der Waals surface area (Å²) in [6, 6.07) is 9.96. The summed E-state index contributed by atoms with van der Waals surface area (Å²) < 4.78 is 51.1. The van der Waals surface area contributed by atoms with Crippen molar-refractivity contribution in [3.63, 3.8) is 0 Å². The van der Waals surface area contributed by atoms with Gasteiger partial charge in [0.15, 0.2) is 0 Å². The maximum absolute atomic E-state index is 14.2. The average molecular weight is 423 g/mol. The standard InChI is InChI=1S/C21H21F4N3O2/c1-13-17(22)8-16(20(30)27-12-21(23,24)25)9-18(13)26-10-19(29)28-7-6-14-4-2-3-5-15(14)11-28/h2-5,8-9,26H,6-7,10-12H2,1H3,(H,27,30). The first-order valence-corrected chi connectivity index (χ1v) is 9.37. The van der Waals surface area contributed by atoms with Crippen LogP contribution in [0.3, 0.4) is 0 Å². The number of alkyl halides is 3. The van der Waals surface area contributed by atoms with Crippen LogP contribution >= 0.6 is 0 Å². The van der Waals surface area contributed by atoms with E-state index in [1.54, 1.807) is 10.2 Å². The van der Waals surface area contributed by atoms with Crippen molar-refractivity contribution in [2.75, 3.05) is 25.0 Å². The molecule has 2 N–H and O–H groups in total. The molecule has 0 saturated heterocycles. The summed E-state index contributed by atoms with van der Waals surface area (Å²) in [7, 11) is 0. The van der Waals surface area contributed by atoms with E-state index in [1.165, 1.54) is 18.6 Å². The molecule has 2 amide bonds. The number of halogens is 4. The zero-order valence-corrected chi connectivity index (χ0v) is 16.3. The zero-order valence-electron chi connectivity index (χ0n) is 16.3. The monoisotopic (exact) mass is 423 g/mol. The Labute approximate surface area is 171 Å². The Morgan fingerprint density at radius 3 is 2.53 bits per heavy atom. The molecule has 0 saturated carbocycles. The maximum Gasteiger partial charge on any atom is 0.405 e. The number of fused-ring (bicyclic) bond motifs is 1. The predicted molar refractivity (Wildman–Crippen MR) is 104 cm³/mol. The van der Waals surface area contributed by atoms with E-state index in [0.29, 0.717) is 13.1 Å². The van der Waals surface area contributed by atoms with E-state index in [-0.39, 0.29) is 29.3 Å². The Kier molecular flexibility index (Phi) is 6.28. The molecule has 0 aliphatic carbocycles. The van der Waals surface area contributed by atoms with Gasteiger partial charge in [0, 0.05) is 29.9 Å². The lowest BCUT2D eigenvalue weighted by Crippen LogP contribution is -2.39. The number of rotatable bonds is 5. The highest BCUT2D eigenvalue weighted by Crippen LogP contribution is 2.22. The third-order valence-electron chi connectivity index (χ3n) is 4.97. The van der Waals surface area contributed by atoms with Crippen molar-refractivity contribution in [3.8, 4) is 0 Å². The van der Waals surface area contributed by atoms with Gasteiger partial charge >= 0.3 is 6.18 Å². The second-order valence-corrected chi connectivity index (χ2v) is 7.12. The predicted octanol–water partition coefficient (Wildman–Crippen LogP) is 3.42. The lowest BCUT2D eigenvalue weighted by atomic mass is 10.00. The topological polar surface area (TPSA) is 61.4 Å². The smallest absolute Gasteiger partial charge is 0.376 e. The Hall–Kier alpha value is -3.10. The van der Waals surface area contributed by atoms with E-state index >= 15 is 0 Å². The lowest BCUT2D eigenvalue weighted by molar-refractivity contribution is -0.130. The molecule has 0 spiro atoms. The van der Waals surface area contributed by atoms with Crippen molar-refractivity contribution in [2.24, 2.45) is 0 Å². The molecular formula is C21H21F4N3O2. The van der Waals surface area contributed by atoms with Crippen LogP contribution in [0, 0.1) is 12.7 Å². The number of nitrogens with zero attached hydrogens (tertiary/aromatic N) is 1. The number of benzene rings is 2. The van der Waals surface area contributed by atoms with Crippen molar-refractivity contribution in [1.29, 1.82) is 0 Å². The quantitative estimate of drug-likeness (QED) is 0.725. The third-order valence-corrected chi connectivity index (χ3v) is 4.97. The Balaban J connectivity index is 1.65. The first-order chi connectivity index (χ1) is 14.1. The molecule has 0 bridgehead atoms. The number of carbonyl (C=O) groups is 2. The zero-order chi connectivity index (χ0) is 21.9. The largest absolute Gasteiger partial charge is 0.405 e. The van der Waals surface area contributed by atoms with Crippen LogP contribution < -0.4 is 10.6 Å². The van der Waals surface area contributed by atoms with Gasteiger partial charge in [0.1, 0.15) is 12.4 Å². The van der Waals surface area contributed by atoms with Gasteiger partial charge in [-0.2, -0.15) is 13.2 Å². The second kappa shape index (κ2) is 8.73. The van der Waals surface area contributed by atoms with Crippen LogP contribution in [0.25, 0.3) is 0 Å². The lowest BCUT2D eigenvalue weighted by Gasteiger charge is -2.29. The molecule has 0 fully saturated rings. The molecule has 160 valence electrons. The maximum atomic E-state index is 14.2. The minimum absolute atomic E-state index is 0.129. The number of amides is 2. The molecule has 1 aliphatic heterocycles. The molecule has 2 aromatic rings. The van der Waals surface area contributed by atoms with Gasteiger partial charge in [0.05, 0.1) is 6.54 Å². The van der Waals surface area contributed by atoms with E-state index in [1.807, 2.05) is 24.3 Å². The van der Waals surface area contributed by atoms with Crippen molar-refractivity contribution in [3.05, 3.63) is 64.5 Å². The second-order valence-electron chi connectivity index (χ2n) is 7.12. The minimum Gasteiger partial charge on any atom is -0.376 e. The van der Waals surface area contributed by atoms with E-state index in [4.69, 9.17) is 0 Å². The Morgan fingerprint density at radius 2 is 1.83 bits per heavy atom. The number of anilines is 1. The van der Waals surface area contributed by atoms with Crippen molar-refractivity contribution < 1.29 is 27.2 Å². The van der Waals surface area contributed by atoms with Crippen LogP contribution in [0.2, 0.25) is 0 Å². The molecule has 0 atom stereocenters. The average Bonchev–Trinajstić information content (AvgIpc) is 2.71. The third kappa shape index (κ3) is 5.28.